The van der Waals surface area contributed by atoms with Crippen molar-refractivity contribution in [3.05, 3.63) is 84.4 Å². The summed E-state index contributed by atoms with van der Waals surface area (Å²) in [4.78, 5) is 14.8. The van der Waals surface area contributed by atoms with Crippen molar-refractivity contribution in [3.63, 3.8) is 0 Å². The van der Waals surface area contributed by atoms with E-state index in [2.05, 4.69) is 10.2 Å². The SMILES string of the molecule is O=C(CSc1nnc(-c2ccc3c(c2)OCO3)n1-c1ccccc1)N1CCN(S(=O)(=O)Cc2ccccc2)CC1. The second kappa shape index (κ2) is 11.3. The number of ether oxygens (including phenoxy) is 2. The molecule has 3 aromatic carbocycles. The largest absolute Gasteiger partial charge is 0.454 e. The smallest absolute Gasteiger partial charge is 0.233 e. The Morgan fingerprint density at radius 1 is 0.850 bits per heavy atom. The van der Waals surface area contributed by atoms with Crippen molar-refractivity contribution in [3.8, 4) is 28.6 Å². The summed E-state index contributed by atoms with van der Waals surface area (Å²) in [5, 5.41) is 9.44. The molecule has 0 bridgehead atoms. The van der Waals surface area contributed by atoms with Gasteiger partial charge in [0.2, 0.25) is 22.7 Å². The molecular formula is C28H27N5O5S2. The summed E-state index contributed by atoms with van der Waals surface area (Å²) in [6.45, 7) is 1.43. The molecule has 1 saturated heterocycles. The second-order valence-electron chi connectivity index (χ2n) is 9.36. The summed E-state index contributed by atoms with van der Waals surface area (Å²) in [7, 11) is -3.45. The fourth-order valence-electron chi connectivity index (χ4n) is 4.71. The normalized spacial score (nSPS) is 15.3. The van der Waals surface area contributed by atoms with E-state index in [1.54, 1.807) is 17.0 Å². The first-order valence-corrected chi connectivity index (χ1v) is 15.4. The first-order chi connectivity index (χ1) is 19.5. The van der Waals surface area contributed by atoms with Crippen molar-refractivity contribution in [2.75, 3.05) is 38.7 Å². The minimum atomic E-state index is -3.45. The quantitative estimate of drug-likeness (QED) is 0.293. The van der Waals surface area contributed by atoms with Crippen LogP contribution in [0, 0.1) is 0 Å². The topological polar surface area (TPSA) is 107 Å². The molecule has 0 saturated carbocycles. The van der Waals surface area contributed by atoms with Gasteiger partial charge in [0, 0.05) is 37.4 Å². The number of amides is 1. The lowest BCUT2D eigenvalue weighted by Gasteiger charge is -2.34. The molecule has 0 atom stereocenters. The highest BCUT2D eigenvalue weighted by atomic mass is 32.2. The van der Waals surface area contributed by atoms with Gasteiger partial charge in [-0.25, -0.2) is 8.42 Å². The molecule has 12 heteroatoms. The Morgan fingerprint density at radius 3 is 2.30 bits per heavy atom. The third kappa shape index (κ3) is 5.55. The van der Waals surface area contributed by atoms with Gasteiger partial charge < -0.3 is 14.4 Å². The minimum absolute atomic E-state index is 0.0432. The van der Waals surface area contributed by atoms with Gasteiger partial charge >= 0.3 is 0 Å². The molecule has 206 valence electrons. The van der Waals surface area contributed by atoms with E-state index >= 15 is 0 Å². The van der Waals surface area contributed by atoms with Crippen LogP contribution in [0.4, 0.5) is 0 Å². The van der Waals surface area contributed by atoms with Crippen LogP contribution in [0.15, 0.2) is 84.0 Å². The first kappa shape index (κ1) is 26.4. The molecule has 0 aliphatic carbocycles. The lowest BCUT2D eigenvalue weighted by Crippen LogP contribution is -2.51. The van der Waals surface area contributed by atoms with E-state index in [-0.39, 0.29) is 37.3 Å². The average molecular weight is 578 g/mol. The van der Waals surface area contributed by atoms with E-state index in [9.17, 15) is 13.2 Å². The Morgan fingerprint density at radius 2 is 1.55 bits per heavy atom. The van der Waals surface area contributed by atoms with E-state index in [0.29, 0.717) is 35.6 Å². The number of piperazine rings is 1. The number of carbonyl (C=O) groups is 1. The van der Waals surface area contributed by atoms with Crippen LogP contribution in [0.2, 0.25) is 0 Å². The summed E-state index contributed by atoms with van der Waals surface area (Å²) >= 11 is 1.30. The number of para-hydroxylation sites is 1. The Hall–Kier alpha value is -3.87. The summed E-state index contributed by atoms with van der Waals surface area (Å²) in [6, 6.07) is 24.5. The predicted octanol–water partition coefficient (Wildman–Crippen LogP) is 3.43. The number of hydrogen-bond acceptors (Lipinski definition) is 8. The number of carbonyl (C=O) groups excluding carboxylic acids is 1. The highest BCUT2D eigenvalue weighted by molar-refractivity contribution is 7.99. The average Bonchev–Trinajstić information content (AvgIpc) is 3.63. The van der Waals surface area contributed by atoms with E-state index in [0.717, 1.165) is 16.8 Å². The van der Waals surface area contributed by atoms with Crippen LogP contribution in [0.5, 0.6) is 11.5 Å². The molecule has 6 rings (SSSR count). The Balaban J connectivity index is 1.13. The molecule has 0 radical (unpaired) electrons. The van der Waals surface area contributed by atoms with Crippen molar-refractivity contribution in [1.82, 2.24) is 24.0 Å². The Labute approximate surface area is 236 Å². The number of thioether (sulfide) groups is 1. The molecule has 10 nitrogen and oxygen atoms in total. The van der Waals surface area contributed by atoms with Gasteiger partial charge in [0.05, 0.1) is 11.5 Å². The van der Waals surface area contributed by atoms with Crippen LogP contribution in [-0.4, -0.2) is 77.0 Å². The highest BCUT2D eigenvalue weighted by Crippen LogP contribution is 2.37. The van der Waals surface area contributed by atoms with Gasteiger partial charge in [-0.05, 0) is 35.9 Å². The van der Waals surface area contributed by atoms with Gasteiger partial charge in [-0.1, -0.05) is 60.3 Å². The van der Waals surface area contributed by atoms with Crippen molar-refractivity contribution in [1.29, 1.82) is 0 Å². The van der Waals surface area contributed by atoms with E-state index < -0.39 is 10.0 Å². The maximum absolute atomic E-state index is 13.1. The number of aromatic nitrogens is 3. The molecule has 1 aromatic heterocycles. The van der Waals surface area contributed by atoms with Crippen LogP contribution in [0.25, 0.3) is 17.1 Å². The molecule has 40 heavy (non-hydrogen) atoms. The molecule has 0 spiro atoms. The van der Waals surface area contributed by atoms with Crippen LogP contribution >= 0.6 is 11.8 Å². The van der Waals surface area contributed by atoms with Crippen molar-refractivity contribution >= 4 is 27.7 Å². The molecule has 1 amide bonds. The lowest BCUT2D eigenvalue weighted by atomic mass is 10.2. The van der Waals surface area contributed by atoms with Gasteiger partial charge in [-0.3, -0.25) is 9.36 Å². The van der Waals surface area contributed by atoms with Crippen LogP contribution in [0.3, 0.4) is 0 Å². The van der Waals surface area contributed by atoms with E-state index in [1.165, 1.54) is 16.1 Å². The number of hydrogen-bond donors (Lipinski definition) is 0. The molecule has 2 aliphatic heterocycles. The lowest BCUT2D eigenvalue weighted by molar-refractivity contribution is -0.129. The second-order valence-corrected chi connectivity index (χ2v) is 12.3. The standard InChI is InChI=1S/C28H27N5O5S2/c34-26(31-13-15-32(16-14-31)40(35,36)19-21-7-3-1-4-8-21)18-39-28-30-29-27(33(28)23-9-5-2-6-10-23)22-11-12-24-25(17-22)38-20-37-24/h1-12,17H,13-16,18-20H2. The summed E-state index contributed by atoms with van der Waals surface area (Å²) < 4.78 is 40.1. The molecule has 0 N–H and O–H groups in total. The zero-order chi connectivity index (χ0) is 27.5. The monoisotopic (exact) mass is 577 g/mol. The summed E-state index contributed by atoms with van der Waals surface area (Å²) in [6.07, 6.45) is 0. The molecule has 0 unspecified atom stereocenters. The zero-order valence-corrected chi connectivity index (χ0v) is 23.2. The number of sulfonamides is 1. The Kier molecular flexibility index (Phi) is 7.46. The number of benzene rings is 3. The summed E-state index contributed by atoms with van der Waals surface area (Å²) in [5.74, 6) is 1.99. The highest BCUT2D eigenvalue weighted by Gasteiger charge is 2.29. The minimum Gasteiger partial charge on any atom is -0.454 e. The van der Waals surface area contributed by atoms with Crippen molar-refractivity contribution in [2.45, 2.75) is 10.9 Å². The maximum Gasteiger partial charge on any atom is 0.233 e. The third-order valence-corrected chi connectivity index (χ3v) is 9.54. The van der Waals surface area contributed by atoms with Gasteiger partial charge in [-0.2, -0.15) is 4.31 Å². The van der Waals surface area contributed by atoms with Crippen LogP contribution < -0.4 is 9.47 Å². The van der Waals surface area contributed by atoms with Gasteiger partial charge in [0.15, 0.2) is 22.5 Å². The van der Waals surface area contributed by atoms with Gasteiger partial charge in [-0.15, -0.1) is 10.2 Å². The molecule has 2 aliphatic rings. The zero-order valence-electron chi connectivity index (χ0n) is 21.5. The number of nitrogens with zero attached hydrogens (tertiary/aromatic N) is 5. The third-order valence-electron chi connectivity index (χ3n) is 6.78. The molecule has 3 heterocycles. The van der Waals surface area contributed by atoms with Gasteiger partial charge in [0.25, 0.3) is 0 Å². The van der Waals surface area contributed by atoms with Crippen LogP contribution in [-0.2, 0) is 20.6 Å². The van der Waals surface area contributed by atoms with E-state index in [1.807, 2.05) is 71.3 Å². The van der Waals surface area contributed by atoms with Crippen LogP contribution in [0.1, 0.15) is 5.56 Å². The first-order valence-electron chi connectivity index (χ1n) is 12.8. The van der Waals surface area contributed by atoms with Gasteiger partial charge in [0.1, 0.15) is 0 Å². The summed E-state index contributed by atoms with van der Waals surface area (Å²) in [5.41, 5.74) is 2.43. The molecule has 4 aromatic rings. The van der Waals surface area contributed by atoms with E-state index in [4.69, 9.17) is 9.47 Å². The molecular weight excluding hydrogens is 550 g/mol. The maximum atomic E-state index is 13.1. The Bertz CT molecular complexity index is 1600. The van der Waals surface area contributed by atoms with Crippen molar-refractivity contribution < 1.29 is 22.7 Å². The molecule has 1 fully saturated rings. The fraction of sp³-hybridized carbons (Fsp3) is 0.250. The number of fused-ring (bicyclic) bond motifs is 1. The number of rotatable bonds is 8. The predicted molar refractivity (Wildman–Crippen MR) is 151 cm³/mol. The fourth-order valence-corrected chi connectivity index (χ4v) is 7.08. The van der Waals surface area contributed by atoms with Crippen molar-refractivity contribution in [2.24, 2.45) is 0 Å².